The molecule has 0 atom stereocenters. The molecule has 1 fully saturated rings. The highest BCUT2D eigenvalue weighted by Crippen LogP contribution is 2.37. The fourth-order valence-electron chi connectivity index (χ4n) is 3.69. The molecule has 2 aromatic carbocycles. The maximum Gasteiger partial charge on any atom is 0.262 e. The lowest BCUT2D eigenvalue weighted by molar-refractivity contribution is -0.118. The van der Waals surface area contributed by atoms with Gasteiger partial charge in [0, 0.05) is 11.7 Å². The number of ether oxygens (including phenoxy) is 2. The Kier molecular flexibility index (Phi) is 9.11. The number of carbonyl (C=O) groups excluding carboxylic acids is 2. The van der Waals surface area contributed by atoms with E-state index in [1.54, 1.807) is 12.1 Å². The number of nitrogens with zero attached hydrogens (tertiary/aromatic N) is 1. The van der Waals surface area contributed by atoms with Crippen LogP contribution in [0.2, 0.25) is 0 Å². The molecule has 0 saturated heterocycles. The zero-order valence-corrected chi connectivity index (χ0v) is 20.9. The quantitative estimate of drug-likeness (QED) is 0.348. The lowest BCUT2D eigenvalue weighted by Gasteiger charge is -2.15. The highest BCUT2D eigenvalue weighted by atomic mass is 79.9. The predicted octanol–water partition coefficient (Wildman–Crippen LogP) is 5.14. The van der Waals surface area contributed by atoms with Crippen LogP contribution in [0.15, 0.2) is 46.4 Å². The van der Waals surface area contributed by atoms with Crippen LogP contribution < -0.4 is 20.1 Å². The van der Waals surface area contributed by atoms with Crippen molar-refractivity contribution in [2.24, 2.45) is 0 Å². The molecular formula is C26H28BrN3O4. The maximum absolute atomic E-state index is 12.5. The van der Waals surface area contributed by atoms with E-state index in [1.165, 1.54) is 6.08 Å². The standard InChI is InChI=1S/C26H28BrN3O4/c1-3-33-23-14-18(12-19(15-28)26(32)30-20-6-4-5-7-20)13-22(27)25(23)34-16-24(31)29-21-10-8-17(2)9-11-21/h8-14,20H,3-7,16H2,1-2H3,(H,29,31)(H,30,32)/b19-12-. The maximum atomic E-state index is 12.5. The number of nitrogens with one attached hydrogen (secondary N) is 2. The highest BCUT2D eigenvalue weighted by molar-refractivity contribution is 9.10. The summed E-state index contributed by atoms with van der Waals surface area (Å²) < 4.78 is 12.0. The van der Waals surface area contributed by atoms with Gasteiger partial charge in [-0.3, -0.25) is 9.59 Å². The molecule has 7 nitrogen and oxygen atoms in total. The second-order valence-electron chi connectivity index (χ2n) is 8.09. The number of aryl methyl sites for hydroxylation is 1. The Morgan fingerprint density at radius 2 is 1.88 bits per heavy atom. The molecule has 1 saturated carbocycles. The molecule has 0 aliphatic heterocycles. The van der Waals surface area contributed by atoms with Crippen molar-refractivity contribution in [3.05, 3.63) is 57.6 Å². The van der Waals surface area contributed by atoms with Crippen LogP contribution in [-0.4, -0.2) is 31.1 Å². The number of benzene rings is 2. The minimum atomic E-state index is -0.378. The Hall–Kier alpha value is -3.31. The molecule has 0 unspecified atom stereocenters. The first-order chi connectivity index (χ1) is 16.4. The zero-order chi connectivity index (χ0) is 24.5. The topological polar surface area (TPSA) is 100 Å². The fourth-order valence-corrected chi connectivity index (χ4v) is 4.27. The average Bonchev–Trinajstić information content (AvgIpc) is 3.31. The molecule has 8 heteroatoms. The monoisotopic (exact) mass is 525 g/mol. The third-order valence-electron chi connectivity index (χ3n) is 5.38. The van der Waals surface area contributed by atoms with Crippen molar-refractivity contribution < 1.29 is 19.1 Å². The van der Waals surface area contributed by atoms with Crippen LogP contribution in [0.25, 0.3) is 6.08 Å². The van der Waals surface area contributed by atoms with Crippen molar-refractivity contribution >= 4 is 39.5 Å². The lowest BCUT2D eigenvalue weighted by Crippen LogP contribution is -2.33. The van der Waals surface area contributed by atoms with Gasteiger partial charge in [-0.1, -0.05) is 30.5 Å². The number of hydrogen-bond donors (Lipinski definition) is 2. The molecule has 2 amide bonds. The molecule has 3 rings (SSSR count). The van der Waals surface area contributed by atoms with Gasteiger partial charge in [-0.2, -0.15) is 5.26 Å². The SMILES string of the molecule is CCOc1cc(/C=C(/C#N)C(=O)NC2CCCC2)cc(Br)c1OCC(=O)Nc1ccc(C)cc1. The average molecular weight is 526 g/mol. The summed E-state index contributed by atoms with van der Waals surface area (Å²) in [4.78, 5) is 24.9. The molecule has 178 valence electrons. The van der Waals surface area contributed by atoms with Gasteiger partial charge in [0.2, 0.25) is 0 Å². The minimum Gasteiger partial charge on any atom is -0.490 e. The molecule has 1 aliphatic carbocycles. The predicted molar refractivity (Wildman–Crippen MR) is 135 cm³/mol. The van der Waals surface area contributed by atoms with Crippen LogP contribution in [0.5, 0.6) is 11.5 Å². The van der Waals surface area contributed by atoms with Gasteiger partial charge in [-0.25, -0.2) is 0 Å². The lowest BCUT2D eigenvalue weighted by atomic mass is 10.1. The van der Waals surface area contributed by atoms with E-state index in [-0.39, 0.29) is 30.0 Å². The minimum absolute atomic E-state index is 0.0207. The van der Waals surface area contributed by atoms with Crippen LogP contribution in [0.3, 0.4) is 0 Å². The smallest absolute Gasteiger partial charge is 0.262 e. The summed E-state index contributed by atoms with van der Waals surface area (Å²) in [6.07, 6.45) is 5.57. The largest absolute Gasteiger partial charge is 0.490 e. The number of amides is 2. The van der Waals surface area contributed by atoms with Crippen molar-refractivity contribution in [3.8, 4) is 17.6 Å². The first-order valence-electron chi connectivity index (χ1n) is 11.3. The molecule has 0 heterocycles. The van der Waals surface area contributed by atoms with Crippen LogP contribution in [0.4, 0.5) is 5.69 Å². The van der Waals surface area contributed by atoms with Crippen LogP contribution in [0.1, 0.15) is 43.7 Å². The number of nitriles is 1. The molecular weight excluding hydrogens is 498 g/mol. The van der Waals surface area contributed by atoms with Gasteiger partial charge in [0.05, 0.1) is 11.1 Å². The van der Waals surface area contributed by atoms with Crippen molar-refractivity contribution in [1.82, 2.24) is 5.32 Å². The summed E-state index contributed by atoms with van der Waals surface area (Å²) in [7, 11) is 0. The summed E-state index contributed by atoms with van der Waals surface area (Å²) >= 11 is 3.46. The third kappa shape index (κ3) is 7.09. The van der Waals surface area contributed by atoms with Gasteiger partial charge in [-0.05, 0) is 78.5 Å². The fraction of sp³-hybridized carbons (Fsp3) is 0.346. The molecule has 34 heavy (non-hydrogen) atoms. The summed E-state index contributed by atoms with van der Waals surface area (Å²) in [5.74, 6) is 0.0841. The first-order valence-corrected chi connectivity index (χ1v) is 12.1. The van der Waals surface area contributed by atoms with Gasteiger partial charge in [0.25, 0.3) is 11.8 Å². The summed E-state index contributed by atoms with van der Waals surface area (Å²) in [6.45, 7) is 3.97. The summed E-state index contributed by atoms with van der Waals surface area (Å²) in [6, 6.07) is 13.0. The second kappa shape index (κ2) is 12.2. The van der Waals surface area contributed by atoms with Crippen molar-refractivity contribution in [2.75, 3.05) is 18.5 Å². The summed E-state index contributed by atoms with van der Waals surface area (Å²) in [5, 5.41) is 15.2. The number of anilines is 1. The van der Waals surface area contributed by atoms with E-state index in [0.29, 0.717) is 33.8 Å². The Balaban J connectivity index is 1.73. The molecule has 1 aliphatic rings. The Labute approximate surface area is 208 Å². The Morgan fingerprint density at radius 3 is 2.53 bits per heavy atom. The number of carbonyl (C=O) groups is 2. The van der Waals surface area contributed by atoms with Crippen molar-refractivity contribution in [1.29, 1.82) is 5.26 Å². The van der Waals surface area contributed by atoms with Gasteiger partial charge in [0.1, 0.15) is 11.6 Å². The second-order valence-corrected chi connectivity index (χ2v) is 8.94. The third-order valence-corrected chi connectivity index (χ3v) is 5.97. The van der Waals surface area contributed by atoms with Gasteiger partial charge in [0.15, 0.2) is 18.1 Å². The first kappa shape index (κ1) is 25.3. The molecule has 2 N–H and O–H groups in total. The summed E-state index contributed by atoms with van der Waals surface area (Å²) in [5.41, 5.74) is 2.41. The van der Waals surface area contributed by atoms with Crippen molar-refractivity contribution in [3.63, 3.8) is 0 Å². The van der Waals surface area contributed by atoms with Crippen LogP contribution in [0, 0.1) is 18.3 Å². The van der Waals surface area contributed by atoms with E-state index in [9.17, 15) is 14.9 Å². The zero-order valence-electron chi connectivity index (χ0n) is 19.3. The Morgan fingerprint density at radius 1 is 1.18 bits per heavy atom. The van der Waals surface area contributed by atoms with E-state index in [2.05, 4.69) is 26.6 Å². The number of hydrogen-bond acceptors (Lipinski definition) is 5. The van der Waals surface area contributed by atoms with E-state index < -0.39 is 0 Å². The van der Waals surface area contributed by atoms with Crippen LogP contribution in [-0.2, 0) is 9.59 Å². The molecule has 0 aromatic heterocycles. The Bertz CT molecular complexity index is 1100. The number of halogens is 1. The highest BCUT2D eigenvalue weighted by Gasteiger charge is 2.20. The van der Waals surface area contributed by atoms with E-state index in [0.717, 1.165) is 31.2 Å². The molecule has 2 aromatic rings. The van der Waals surface area contributed by atoms with E-state index >= 15 is 0 Å². The van der Waals surface area contributed by atoms with Gasteiger partial charge in [-0.15, -0.1) is 0 Å². The normalized spacial score (nSPS) is 13.8. The van der Waals surface area contributed by atoms with E-state index in [1.807, 2.05) is 44.2 Å². The molecule has 0 bridgehead atoms. The van der Waals surface area contributed by atoms with Gasteiger partial charge < -0.3 is 20.1 Å². The van der Waals surface area contributed by atoms with Gasteiger partial charge >= 0.3 is 0 Å². The number of rotatable bonds is 9. The van der Waals surface area contributed by atoms with E-state index in [4.69, 9.17) is 9.47 Å². The van der Waals surface area contributed by atoms with Crippen LogP contribution >= 0.6 is 15.9 Å². The molecule has 0 radical (unpaired) electrons. The van der Waals surface area contributed by atoms with Crippen molar-refractivity contribution in [2.45, 2.75) is 45.6 Å². The molecule has 0 spiro atoms.